The molecule has 1 heterocycles. The third-order valence-electron chi connectivity index (χ3n) is 4.22. The minimum atomic E-state index is -3.28. The maximum atomic E-state index is 12.2. The Labute approximate surface area is 121 Å². The van der Waals surface area contributed by atoms with Crippen LogP contribution in [0.4, 0.5) is 0 Å². The molecule has 0 aromatic rings. The van der Waals surface area contributed by atoms with Crippen molar-refractivity contribution in [1.82, 2.24) is 14.3 Å². The van der Waals surface area contributed by atoms with Crippen molar-refractivity contribution in [1.29, 1.82) is 0 Å². The number of hydrogen-bond acceptors (Lipinski definition) is 4. The van der Waals surface area contributed by atoms with Gasteiger partial charge in [0.1, 0.15) is 0 Å². The van der Waals surface area contributed by atoms with Gasteiger partial charge in [-0.1, -0.05) is 0 Å². The van der Waals surface area contributed by atoms with Gasteiger partial charge in [0.05, 0.1) is 0 Å². The first-order chi connectivity index (χ1) is 9.01. The molecule has 0 aromatic heterocycles. The molecule has 0 aromatic carbocycles. The van der Waals surface area contributed by atoms with Crippen LogP contribution >= 0.6 is 11.8 Å². The van der Waals surface area contributed by atoms with Crippen LogP contribution in [0.15, 0.2) is 0 Å². The van der Waals surface area contributed by atoms with Gasteiger partial charge in [-0.15, -0.1) is 0 Å². The number of hydrogen-bond donors (Lipinski definition) is 2. The highest BCUT2D eigenvalue weighted by atomic mass is 32.2. The van der Waals surface area contributed by atoms with Gasteiger partial charge >= 0.3 is 0 Å². The van der Waals surface area contributed by atoms with Gasteiger partial charge in [0.15, 0.2) is 0 Å². The smallest absolute Gasteiger partial charge is 0.279 e. The summed E-state index contributed by atoms with van der Waals surface area (Å²) in [5.41, 5.74) is 0. The zero-order valence-electron chi connectivity index (χ0n) is 11.8. The highest BCUT2D eigenvalue weighted by Gasteiger charge is 2.43. The maximum absolute atomic E-state index is 12.2. The molecule has 0 unspecified atom stereocenters. The van der Waals surface area contributed by atoms with Crippen LogP contribution in [0.3, 0.4) is 0 Å². The summed E-state index contributed by atoms with van der Waals surface area (Å²) >= 11 is 1.78. The third kappa shape index (κ3) is 4.07. The lowest BCUT2D eigenvalue weighted by molar-refractivity contribution is 0.268. The monoisotopic (exact) mass is 307 g/mol. The second kappa shape index (κ2) is 6.30. The molecule has 0 spiro atoms. The van der Waals surface area contributed by atoms with Crippen LogP contribution in [0.25, 0.3) is 0 Å². The van der Waals surface area contributed by atoms with Crippen LogP contribution in [0.2, 0.25) is 0 Å². The van der Waals surface area contributed by atoms with Gasteiger partial charge in [-0.2, -0.15) is 24.5 Å². The summed E-state index contributed by atoms with van der Waals surface area (Å²) in [5.74, 6) is 0.609. The summed E-state index contributed by atoms with van der Waals surface area (Å²) in [7, 11) is -1.33. The Morgan fingerprint density at radius 3 is 2.42 bits per heavy atom. The Morgan fingerprint density at radius 1 is 1.32 bits per heavy atom. The first-order valence-corrected chi connectivity index (χ1v) is 9.62. The van der Waals surface area contributed by atoms with Crippen molar-refractivity contribution in [2.24, 2.45) is 5.92 Å². The van der Waals surface area contributed by atoms with E-state index in [1.54, 1.807) is 16.1 Å². The van der Waals surface area contributed by atoms with Crippen LogP contribution in [0.1, 0.15) is 25.7 Å². The standard InChI is InChI=1S/C12H25N3O2S2/c1-13-9-11-3-7-15(8-4-11)19(16,17)14-10-12(18-2)5-6-12/h11,13-14H,3-10H2,1-2H3. The third-order valence-corrected chi connectivity index (χ3v) is 7.20. The van der Waals surface area contributed by atoms with E-state index in [4.69, 9.17) is 0 Å². The summed E-state index contributed by atoms with van der Waals surface area (Å²) in [6.07, 6.45) is 6.22. The molecule has 2 aliphatic rings. The molecule has 1 saturated carbocycles. The van der Waals surface area contributed by atoms with E-state index in [9.17, 15) is 8.42 Å². The molecule has 2 N–H and O–H groups in total. The number of nitrogens with zero attached hydrogens (tertiary/aromatic N) is 1. The molecule has 1 aliphatic heterocycles. The highest BCUT2D eigenvalue weighted by Crippen LogP contribution is 2.46. The van der Waals surface area contributed by atoms with E-state index in [0.717, 1.165) is 32.2 Å². The summed E-state index contributed by atoms with van der Waals surface area (Å²) in [5, 5.41) is 3.17. The van der Waals surface area contributed by atoms with Gasteiger partial charge in [-0.25, -0.2) is 4.72 Å². The first-order valence-electron chi connectivity index (χ1n) is 6.96. The van der Waals surface area contributed by atoms with Gasteiger partial charge in [0.2, 0.25) is 0 Å². The number of thioether (sulfide) groups is 1. The van der Waals surface area contributed by atoms with Crippen molar-refractivity contribution < 1.29 is 8.42 Å². The fourth-order valence-corrected chi connectivity index (χ4v) is 4.70. The Bertz CT molecular complexity index is 388. The van der Waals surface area contributed by atoms with Crippen LogP contribution in [-0.4, -0.2) is 57.0 Å². The average molecular weight is 307 g/mol. The van der Waals surface area contributed by atoms with Gasteiger partial charge in [-0.3, -0.25) is 0 Å². The van der Waals surface area contributed by atoms with E-state index in [1.165, 1.54) is 0 Å². The van der Waals surface area contributed by atoms with Crippen molar-refractivity contribution in [3.63, 3.8) is 0 Å². The molecule has 0 radical (unpaired) electrons. The molecule has 5 nitrogen and oxygen atoms in total. The lowest BCUT2D eigenvalue weighted by Gasteiger charge is -2.31. The largest absolute Gasteiger partial charge is 0.319 e. The van der Waals surface area contributed by atoms with E-state index >= 15 is 0 Å². The lowest BCUT2D eigenvalue weighted by atomic mass is 9.98. The topological polar surface area (TPSA) is 61.4 Å². The second-order valence-corrected chi connectivity index (χ2v) is 8.64. The van der Waals surface area contributed by atoms with Crippen LogP contribution in [0, 0.1) is 5.92 Å². The minimum Gasteiger partial charge on any atom is -0.319 e. The molecule has 0 amide bonds. The van der Waals surface area contributed by atoms with Crippen molar-refractivity contribution in [3.05, 3.63) is 0 Å². The molecule has 7 heteroatoms. The summed E-state index contributed by atoms with van der Waals surface area (Å²) in [6, 6.07) is 0. The minimum absolute atomic E-state index is 0.178. The molecule has 1 saturated heterocycles. The molecule has 19 heavy (non-hydrogen) atoms. The molecule has 112 valence electrons. The van der Waals surface area contributed by atoms with E-state index in [0.29, 0.717) is 25.6 Å². The van der Waals surface area contributed by atoms with E-state index in [1.807, 2.05) is 7.05 Å². The second-order valence-electron chi connectivity index (χ2n) is 5.61. The van der Waals surface area contributed by atoms with Crippen molar-refractivity contribution in [2.45, 2.75) is 30.4 Å². The zero-order valence-corrected chi connectivity index (χ0v) is 13.4. The molecule has 0 bridgehead atoms. The Kier molecular flexibility index (Phi) is 5.16. The molecule has 2 rings (SSSR count). The number of rotatable bonds is 7. The summed E-state index contributed by atoms with van der Waals surface area (Å²) < 4.78 is 29.0. The normalized spacial score (nSPS) is 24.5. The molecular weight excluding hydrogens is 282 g/mol. The Balaban J connectivity index is 1.80. The van der Waals surface area contributed by atoms with Gasteiger partial charge < -0.3 is 5.32 Å². The molecular formula is C12H25N3O2S2. The lowest BCUT2D eigenvalue weighted by Crippen LogP contribution is -2.47. The summed E-state index contributed by atoms with van der Waals surface area (Å²) in [6.45, 7) is 2.85. The molecule has 2 fully saturated rings. The zero-order chi connectivity index (χ0) is 13.9. The summed E-state index contributed by atoms with van der Waals surface area (Å²) in [4.78, 5) is 0. The van der Waals surface area contributed by atoms with E-state index in [2.05, 4.69) is 16.3 Å². The van der Waals surface area contributed by atoms with E-state index < -0.39 is 10.2 Å². The SMILES string of the molecule is CNCC1CCN(S(=O)(=O)NCC2(SC)CC2)CC1. The Hall–Kier alpha value is 0.180. The van der Waals surface area contributed by atoms with Gasteiger partial charge in [0.25, 0.3) is 10.2 Å². The molecule has 0 atom stereocenters. The van der Waals surface area contributed by atoms with Gasteiger partial charge in [0, 0.05) is 24.4 Å². The predicted octanol–water partition coefficient (Wildman–Crippen LogP) is 0.648. The molecule has 1 aliphatic carbocycles. The van der Waals surface area contributed by atoms with E-state index in [-0.39, 0.29) is 4.75 Å². The fourth-order valence-electron chi connectivity index (χ4n) is 2.55. The maximum Gasteiger partial charge on any atom is 0.279 e. The van der Waals surface area contributed by atoms with Crippen LogP contribution in [-0.2, 0) is 10.2 Å². The number of nitrogens with one attached hydrogen (secondary N) is 2. The highest BCUT2D eigenvalue weighted by molar-refractivity contribution is 8.00. The fraction of sp³-hybridized carbons (Fsp3) is 1.00. The van der Waals surface area contributed by atoms with Crippen molar-refractivity contribution in [3.8, 4) is 0 Å². The van der Waals surface area contributed by atoms with Crippen molar-refractivity contribution >= 4 is 22.0 Å². The quantitative estimate of drug-likeness (QED) is 0.725. The van der Waals surface area contributed by atoms with Crippen molar-refractivity contribution in [2.75, 3.05) is 39.5 Å². The van der Waals surface area contributed by atoms with Gasteiger partial charge in [-0.05, 0) is 51.4 Å². The average Bonchev–Trinajstić information content (AvgIpc) is 3.18. The first kappa shape index (κ1) is 15.6. The van der Waals surface area contributed by atoms with Crippen LogP contribution in [0.5, 0.6) is 0 Å². The Morgan fingerprint density at radius 2 is 1.95 bits per heavy atom. The number of piperidine rings is 1. The predicted molar refractivity (Wildman–Crippen MR) is 80.6 cm³/mol. The van der Waals surface area contributed by atoms with Crippen LogP contribution < -0.4 is 10.0 Å².